The van der Waals surface area contributed by atoms with Gasteiger partial charge in [0.1, 0.15) is 5.82 Å². The topological polar surface area (TPSA) is 117 Å². The molecule has 0 radical (unpaired) electrons. The van der Waals surface area contributed by atoms with E-state index in [1.807, 2.05) is 30.5 Å². The molecule has 0 aliphatic carbocycles. The summed E-state index contributed by atoms with van der Waals surface area (Å²) in [4.78, 5) is 23.9. The number of nitrogens with zero attached hydrogens (tertiary/aromatic N) is 4. The van der Waals surface area contributed by atoms with Crippen LogP contribution in [0, 0.1) is 15.6 Å². The lowest BCUT2D eigenvalue weighted by molar-refractivity contribution is -0.123. The summed E-state index contributed by atoms with van der Waals surface area (Å²) in [6.07, 6.45) is 0.189. The predicted molar refractivity (Wildman–Crippen MR) is 120 cm³/mol. The number of carbonyl (C=O) groups excluding carboxylic acids is 1. The number of hydrogen-bond donors (Lipinski definition) is 2. The number of amides is 1. The van der Waals surface area contributed by atoms with Crippen LogP contribution in [0.1, 0.15) is 31.7 Å². The molecule has 2 aromatic heterocycles. The van der Waals surface area contributed by atoms with E-state index in [0.29, 0.717) is 54.4 Å². The molecule has 1 aromatic carbocycles. The molecule has 1 amide bonds. The highest BCUT2D eigenvalue weighted by Gasteiger charge is 2.21. The summed E-state index contributed by atoms with van der Waals surface area (Å²) in [7, 11) is 0. The lowest BCUT2D eigenvalue weighted by Gasteiger charge is -2.12. The molecule has 0 unspecified atom stereocenters. The molecule has 3 aromatic rings. The van der Waals surface area contributed by atoms with E-state index in [4.69, 9.17) is 15.2 Å². The summed E-state index contributed by atoms with van der Waals surface area (Å²) in [5, 5.41) is 2.89. The number of ether oxygens (including phenoxy) is 2. The van der Waals surface area contributed by atoms with E-state index in [1.165, 1.54) is 0 Å². The van der Waals surface area contributed by atoms with Crippen LogP contribution in [0.5, 0.6) is 11.5 Å². The standard InChI is InChI=1S/C20H22FIN6O3/c1-10(2)19(29)24-4-3-5-28-15(25-16-17(23)26-20(21)27-18(16)28)7-11-6-13-14(8-12(11)22)31-9-30-13/h6,8,10H,3-5,7,9H2,1-2H3,(H,24,29)(H2,23,26,27). The molecule has 0 spiro atoms. The zero-order chi connectivity index (χ0) is 22.1. The number of nitrogen functional groups attached to an aromatic ring is 1. The number of aromatic nitrogens is 4. The summed E-state index contributed by atoms with van der Waals surface area (Å²) in [6.45, 7) is 4.85. The maximum absolute atomic E-state index is 13.9. The van der Waals surface area contributed by atoms with Crippen LogP contribution in [0.4, 0.5) is 10.2 Å². The molecule has 164 valence electrons. The fraction of sp³-hybridized carbons (Fsp3) is 0.400. The van der Waals surface area contributed by atoms with Crippen molar-refractivity contribution < 1.29 is 18.7 Å². The molecule has 0 saturated heterocycles. The SMILES string of the molecule is CC(C)C(=O)NCCCn1c(Cc2cc3c(cc2I)OCO3)nc2c(N)nc(F)nc21. The van der Waals surface area contributed by atoms with Gasteiger partial charge in [-0.1, -0.05) is 13.8 Å². The van der Waals surface area contributed by atoms with Crippen LogP contribution in [0.25, 0.3) is 11.2 Å². The summed E-state index contributed by atoms with van der Waals surface area (Å²) in [5.41, 5.74) is 7.59. The van der Waals surface area contributed by atoms with Crippen molar-refractivity contribution in [3.63, 3.8) is 0 Å². The van der Waals surface area contributed by atoms with Crippen molar-refractivity contribution in [3.8, 4) is 11.5 Å². The van der Waals surface area contributed by atoms with E-state index >= 15 is 0 Å². The third kappa shape index (κ3) is 4.50. The molecule has 0 fully saturated rings. The second-order valence-electron chi connectivity index (χ2n) is 7.50. The lowest BCUT2D eigenvalue weighted by Crippen LogP contribution is -2.29. The van der Waals surface area contributed by atoms with Gasteiger partial charge in [0.05, 0.1) is 0 Å². The highest BCUT2D eigenvalue weighted by atomic mass is 127. The Morgan fingerprint density at radius 2 is 2.03 bits per heavy atom. The first-order chi connectivity index (χ1) is 14.8. The monoisotopic (exact) mass is 540 g/mol. The van der Waals surface area contributed by atoms with Crippen molar-refractivity contribution in [1.29, 1.82) is 0 Å². The van der Waals surface area contributed by atoms with Crippen molar-refractivity contribution in [2.75, 3.05) is 19.1 Å². The largest absolute Gasteiger partial charge is 0.454 e. The van der Waals surface area contributed by atoms with Gasteiger partial charge in [-0.25, -0.2) is 4.98 Å². The number of hydrogen-bond acceptors (Lipinski definition) is 7. The van der Waals surface area contributed by atoms with Crippen molar-refractivity contribution in [1.82, 2.24) is 24.8 Å². The third-order valence-electron chi connectivity index (χ3n) is 4.95. The highest BCUT2D eigenvalue weighted by Crippen LogP contribution is 2.36. The number of imidazole rings is 1. The van der Waals surface area contributed by atoms with Gasteiger partial charge in [0.15, 0.2) is 28.5 Å². The van der Waals surface area contributed by atoms with Crippen LogP contribution in [0.15, 0.2) is 12.1 Å². The smallest absolute Gasteiger partial charge is 0.312 e. The Hall–Kier alpha value is -2.70. The second kappa shape index (κ2) is 8.81. The van der Waals surface area contributed by atoms with Gasteiger partial charge in [-0.2, -0.15) is 14.4 Å². The summed E-state index contributed by atoms with van der Waals surface area (Å²) in [5.74, 6) is 1.96. The van der Waals surface area contributed by atoms with E-state index < -0.39 is 6.08 Å². The first-order valence-corrected chi connectivity index (χ1v) is 10.9. The van der Waals surface area contributed by atoms with Gasteiger partial charge >= 0.3 is 6.08 Å². The average molecular weight is 540 g/mol. The van der Waals surface area contributed by atoms with Gasteiger partial charge in [-0.15, -0.1) is 0 Å². The molecule has 0 saturated carbocycles. The van der Waals surface area contributed by atoms with Crippen LogP contribution in [-0.4, -0.2) is 38.8 Å². The number of benzene rings is 1. The van der Waals surface area contributed by atoms with Crippen molar-refractivity contribution in [2.45, 2.75) is 33.2 Å². The highest BCUT2D eigenvalue weighted by molar-refractivity contribution is 14.1. The molecule has 0 atom stereocenters. The Bertz CT molecular complexity index is 1150. The molecule has 31 heavy (non-hydrogen) atoms. The van der Waals surface area contributed by atoms with E-state index in [0.717, 1.165) is 9.13 Å². The maximum atomic E-state index is 13.9. The number of rotatable bonds is 7. The minimum atomic E-state index is -0.900. The Labute approximate surface area is 191 Å². The normalized spacial score (nSPS) is 12.7. The quantitative estimate of drug-likeness (QED) is 0.269. The van der Waals surface area contributed by atoms with Crippen LogP contribution >= 0.6 is 22.6 Å². The van der Waals surface area contributed by atoms with Crippen LogP contribution < -0.4 is 20.5 Å². The summed E-state index contributed by atoms with van der Waals surface area (Å²) < 4.78 is 27.6. The molecule has 11 heteroatoms. The number of nitrogens with one attached hydrogen (secondary N) is 1. The molecule has 9 nitrogen and oxygen atoms in total. The van der Waals surface area contributed by atoms with Crippen molar-refractivity contribution in [3.05, 3.63) is 33.2 Å². The number of anilines is 1. The zero-order valence-electron chi connectivity index (χ0n) is 17.1. The van der Waals surface area contributed by atoms with E-state index in [2.05, 4.69) is 42.9 Å². The predicted octanol–water partition coefficient (Wildman–Crippen LogP) is 2.63. The van der Waals surface area contributed by atoms with Crippen LogP contribution in [0.3, 0.4) is 0 Å². The number of nitrogens with two attached hydrogens (primary N) is 1. The maximum Gasteiger partial charge on any atom is 0.312 e. The van der Waals surface area contributed by atoms with Gasteiger partial charge in [0.25, 0.3) is 0 Å². The van der Waals surface area contributed by atoms with Crippen LogP contribution in [-0.2, 0) is 17.8 Å². The number of fused-ring (bicyclic) bond motifs is 2. The summed E-state index contributed by atoms with van der Waals surface area (Å²) in [6, 6.07) is 3.84. The molecular formula is C20H22FIN6O3. The second-order valence-corrected chi connectivity index (χ2v) is 8.66. The van der Waals surface area contributed by atoms with Gasteiger partial charge in [0, 0.05) is 29.0 Å². The van der Waals surface area contributed by atoms with Gasteiger partial charge < -0.3 is 25.1 Å². The van der Waals surface area contributed by atoms with Gasteiger partial charge in [-0.05, 0) is 46.7 Å². The number of halogens is 2. The Morgan fingerprint density at radius 3 is 2.77 bits per heavy atom. The lowest BCUT2D eigenvalue weighted by atomic mass is 10.1. The van der Waals surface area contributed by atoms with E-state index in [9.17, 15) is 9.18 Å². The number of carbonyl (C=O) groups is 1. The van der Waals surface area contributed by atoms with Crippen LogP contribution in [0.2, 0.25) is 0 Å². The molecule has 1 aliphatic heterocycles. The molecular weight excluding hydrogens is 518 g/mol. The third-order valence-corrected chi connectivity index (χ3v) is 5.95. The van der Waals surface area contributed by atoms with Crippen molar-refractivity contribution in [2.24, 2.45) is 5.92 Å². The average Bonchev–Trinajstić information content (AvgIpc) is 3.29. The molecule has 3 heterocycles. The van der Waals surface area contributed by atoms with Gasteiger partial charge in [-0.3, -0.25) is 4.79 Å². The van der Waals surface area contributed by atoms with E-state index in [-0.39, 0.29) is 24.4 Å². The Balaban J connectivity index is 1.64. The fourth-order valence-electron chi connectivity index (χ4n) is 3.33. The molecule has 3 N–H and O–H groups in total. The fourth-order valence-corrected chi connectivity index (χ4v) is 3.96. The first kappa shape index (κ1) is 21.5. The Morgan fingerprint density at radius 1 is 1.29 bits per heavy atom. The summed E-state index contributed by atoms with van der Waals surface area (Å²) >= 11 is 2.24. The van der Waals surface area contributed by atoms with Crippen molar-refractivity contribution >= 4 is 45.5 Å². The zero-order valence-corrected chi connectivity index (χ0v) is 19.3. The molecule has 1 aliphatic rings. The first-order valence-electron chi connectivity index (χ1n) is 9.87. The molecule has 0 bridgehead atoms. The minimum absolute atomic E-state index is 0.00371. The van der Waals surface area contributed by atoms with E-state index in [1.54, 1.807) is 0 Å². The van der Waals surface area contributed by atoms with Gasteiger partial charge in [0.2, 0.25) is 12.7 Å². The minimum Gasteiger partial charge on any atom is -0.454 e. The number of aryl methyl sites for hydroxylation is 1. The molecule has 4 rings (SSSR count). The Kier molecular flexibility index (Phi) is 6.12.